The number of hydrogen-bond acceptors (Lipinski definition) is 4. The van der Waals surface area contributed by atoms with Crippen LogP contribution in [0, 0.1) is 0 Å². The molecule has 0 bridgehead atoms. The summed E-state index contributed by atoms with van der Waals surface area (Å²) in [6.45, 7) is 2.62. The lowest BCUT2D eigenvalue weighted by Crippen LogP contribution is -2.07. The number of aryl methyl sites for hydroxylation is 1. The number of carbonyl (C=O) groups is 1. The Kier molecular flexibility index (Phi) is 3.93. The van der Waals surface area contributed by atoms with Gasteiger partial charge in [-0.05, 0) is 13.0 Å². The molecule has 0 unspecified atom stereocenters. The molecule has 0 saturated heterocycles. The molecule has 4 rings (SSSR count). The van der Waals surface area contributed by atoms with Crippen molar-refractivity contribution in [3.63, 3.8) is 0 Å². The lowest BCUT2D eigenvalue weighted by atomic mass is 9.94. The molecule has 128 valence electrons. The molecule has 0 aliphatic rings. The number of benzene rings is 1. The van der Waals surface area contributed by atoms with Crippen LogP contribution in [0.15, 0.2) is 61.1 Å². The number of pyridine rings is 2. The van der Waals surface area contributed by atoms with Gasteiger partial charge in [-0.15, -0.1) is 0 Å². The van der Waals surface area contributed by atoms with E-state index in [0.717, 1.165) is 11.1 Å². The Morgan fingerprint density at radius 2 is 1.85 bits per heavy atom. The zero-order chi connectivity index (χ0) is 18.1. The lowest BCUT2D eigenvalue weighted by molar-refractivity contribution is 0.0698. The minimum Gasteiger partial charge on any atom is -0.478 e. The Morgan fingerprint density at radius 1 is 1.08 bits per heavy atom. The summed E-state index contributed by atoms with van der Waals surface area (Å²) in [5.41, 5.74) is 3.32. The van der Waals surface area contributed by atoms with E-state index in [1.54, 1.807) is 29.3 Å². The second-order valence-electron chi connectivity index (χ2n) is 5.82. The summed E-state index contributed by atoms with van der Waals surface area (Å²) in [6.07, 6.45) is 5.00. The fraction of sp³-hybridized carbons (Fsp3) is 0.100. The minimum atomic E-state index is -1.03. The molecule has 0 saturated carbocycles. The van der Waals surface area contributed by atoms with Gasteiger partial charge < -0.3 is 5.11 Å². The second-order valence-corrected chi connectivity index (χ2v) is 5.82. The third-order valence-electron chi connectivity index (χ3n) is 4.30. The van der Waals surface area contributed by atoms with Gasteiger partial charge >= 0.3 is 5.97 Å². The Balaban J connectivity index is 2.18. The first kappa shape index (κ1) is 16.0. The molecule has 3 heterocycles. The van der Waals surface area contributed by atoms with E-state index in [1.165, 1.54) is 0 Å². The first-order valence-corrected chi connectivity index (χ1v) is 8.29. The summed E-state index contributed by atoms with van der Waals surface area (Å²) in [5.74, 6) is -1.03. The number of hydrogen-bond donors (Lipinski definition) is 1. The predicted octanol–water partition coefficient (Wildman–Crippen LogP) is 3.88. The Hall–Kier alpha value is -3.54. The lowest BCUT2D eigenvalue weighted by Gasteiger charge is -2.13. The number of rotatable bonds is 4. The van der Waals surface area contributed by atoms with Gasteiger partial charge in [0.2, 0.25) is 0 Å². The topological polar surface area (TPSA) is 80.9 Å². The van der Waals surface area contributed by atoms with E-state index >= 15 is 0 Å². The number of fused-ring (bicyclic) bond motifs is 1. The molecular weight excluding hydrogens is 328 g/mol. The van der Waals surface area contributed by atoms with Crippen LogP contribution in [0.25, 0.3) is 33.4 Å². The number of aromatic carboxylic acids is 1. The maximum absolute atomic E-state index is 12.2. The average molecular weight is 344 g/mol. The number of nitrogens with zero attached hydrogens (tertiary/aromatic N) is 4. The van der Waals surface area contributed by atoms with Gasteiger partial charge in [-0.1, -0.05) is 36.4 Å². The third kappa shape index (κ3) is 2.52. The fourth-order valence-electron chi connectivity index (χ4n) is 3.14. The number of carboxylic acids is 1. The molecule has 0 aliphatic carbocycles. The highest BCUT2D eigenvalue weighted by Gasteiger charge is 2.24. The molecule has 3 aromatic heterocycles. The van der Waals surface area contributed by atoms with Crippen molar-refractivity contribution in [2.75, 3.05) is 0 Å². The van der Waals surface area contributed by atoms with Crippen LogP contribution in [0.2, 0.25) is 0 Å². The molecule has 4 aromatic rings. The predicted molar refractivity (Wildman–Crippen MR) is 98.8 cm³/mol. The summed E-state index contributed by atoms with van der Waals surface area (Å²) >= 11 is 0. The summed E-state index contributed by atoms with van der Waals surface area (Å²) in [4.78, 5) is 21.1. The van der Waals surface area contributed by atoms with Crippen molar-refractivity contribution in [2.24, 2.45) is 0 Å². The van der Waals surface area contributed by atoms with Crippen molar-refractivity contribution in [1.82, 2.24) is 19.7 Å². The molecule has 6 nitrogen and oxygen atoms in total. The molecule has 26 heavy (non-hydrogen) atoms. The quantitative estimate of drug-likeness (QED) is 0.608. The van der Waals surface area contributed by atoms with Crippen molar-refractivity contribution in [2.45, 2.75) is 13.5 Å². The van der Waals surface area contributed by atoms with Crippen LogP contribution in [0.4, 0.5) is 0 Å². The van der Waals surface area contributed by atoms with Gasteiger partial charge in [-0.2, -0.15) is 5.10 Å². The van der Waals surface area contributed by atoms with Crippen molar-refractivity contribution in [3.8, 4) is 22.4 Å². The van der Waals surface area contributed by atoms with Crippen LogP contribution in [0.5, 0.6) is 0 Å². The van der Waals surface area contributed by atoms with E-state index in [9.17, 15) is 9.90 Å². The maximum Gasteiger partial charge on any atom is 0.338 e. The van der Waals surface area contributed by atoms with Crippen molar-refractivity contribution in [3.05, 3.63) is 66.6 Å². The molecule has 6 heteroatoms. The minimum absolute atomic E-state index is 0.160. The highest BCUT2D eigenvalue weighted by atomic mass is 16.4. The van der Waals surface area contributed by atoms with Gasteiger partial charge in [0.05, 0.1) is 17.5 Å². The van der Waals surface area contributed by atoms with Crippen LogP contribution >= 0.6 is 0 Å². The molecule has 1 N–H and O–H groups in total. The van der Waals surface area contributed by atoms with Gasteiger partial charge in [0.1, 0.15) is 0 Å². The van der Waals surface area contributed by atoms with Gasteiger partial charge in [0, 0.05) is 41.0 Å². The summed E-state index contributed by atoms with van der Waals surface area (Å²) in [7, 11) is 0. The molecule has 0 amide bonds. The molecule has 0 spiro atoms. The van der Waals surface area contributed by atoms with E-state index in [4.69, 9.17) is 0 Å². The van der Waals surface area contributed by atoms with E-state index < -0.39 is 5.97 Å². The number of aromatic nitrogens is 4. The summed E-state index contributed by atoms with van der Waals surface area (Å²) in [6, 6.07) is 13.0. The van der Waals surface area contributed by atoms with E-state index in [1.807, 2.05) is 43.3 Å². The highest BCUT2D eigenvalue weighted by Crippen LogP contribution is 2.36. The van der Waals surface area contributed by atoms with Crippen molar-refractivity contribution >= 4 is 17.0 Å². The van der Waals surface area contributed by atoms with Crippen LogP contribution < -0.4 is 0 Å². The SMILES string of the molecule is CCn1ncc2c(-c3cccnc3)c(C(=O)O)c(-c3ccccc3)nc21. The third-order valence-corrected chi connectivity index (χ3v) is 4.30. The van der Waals surface area contributed by atoms with Gasteiger partial charge in [0.25, 0.3) is 0 Å². The molecular formula is C20H16N4O2. The van der Waals surface area contributed by atoms with Gasteiger partial charge in [-0.25, -0.2) is 14.5 Å². The van der Waals surface area contributed by atoms with E-state index in [2.05, 4.69) is 15.1 Å². The van der Waals surface area contributed by atoms with E-state index in [0.29, 0.717) is 28.8 Å². The normalized spacial score (nSPS) is 11.0. The average Bonchev–Trinajstić information content (AvgIpc) is 3.10. The summed E-state index contributed by atoms with van der Waals surface area (Å²) in [5, 5.41) is 15.1. The Labute approximate surface area is 149 Å². The monoisotopic (exact) mass is 344 g/mol. The second kappa shape index (κ2) is 6.40. The van der Waals surface area contributed by atoms with Crippen LogP contribution in [0.3, 0.4) is 0 Å². The zero-order valence-electron chi connectivity index (χ0n) is 14.1. The first-order chi connectivity index (χ1) is 12.7. The zero-order valence-corrected chi connectivity index (χ0v) is 14.1. The summed E-state index contributed by atoms with van der Waals surface area (Å²) < 4.78 is 1.77. The fourth-order valence-corrected chi connectivity index (χ4v) is 3.14. The molecule has 0 fully saturated rings. The molecule has 0 atom stereocenters. The standard InChI is InChI=1S/C20H16N4O2/c1-2-24-19-15(12-22-24)16(14-9-6-10-21-11-14)17(20(25)26)18(23-19)13-7-4-3-5-8-13/h3-12H,2H2,1H3,(H,25,26). The van der Waals surface area contributed by atoms with Crippen molar-refractivity contribution < 1.29 is 9.90 Å². The van der Waals surface area contributed by atoms with Crippen LogP contribution in [0.1, 0.15) is 17.3 Å². The Bertz CT molecular complexity index is 1090. The van der Waals surface area contributed by atoms with Gasteiger partial charge in [0.15, 0.2) is 5.65 Å². The molecule has 1 aromatic carbocycles. The molecule has 0 radical (unpaired) electrons. The molecule has 0 aliphatic heterocycles. The van der Waals surface area contributed by atoms with Crippen molar-refractivity contribution in [1.29, 1.82) is 0 Å². The van der Waals surface area contributed by atoms with Crippen LogP contribution in [-0.4, -0.2) is 30.8 Å². The maximum atomic E-state index is 12.2. The van der Waals surface area contributed by atoms with Crippen LogP contribution in [-0.2, 0) is 6.54 Å². The number of carboxylic acid groups (broad SMARTS) is 1. The highest BCUT2D eigenvalue weighted by molar-refractivity contribution is 6.10. The largest absolute Gasteiger partial charge is 0.478 e. The van der Waals surface area contributed by atoms with Gasteiger partial charge in [-0.3, -0.25) is 4.98 Å². The smallest absolute Gasteiger partial charge is 0.338 e. The Morgan fingerprint density at radius 3 is 2.50 bits per heavy atom. The first-order valence-electron chi connectivity index (χ1n) is 8.29. The van der Waals surface area contributed by atoms with E-state index in [-0.39, 0.29) is 5.56 Å².